The van der Waals surface area contributed by atoms with Crippen LogP contribution in [-0.2, 0) is 4.74 Å². The average molecular weight is 390 g/mol. The van der Waals surface area contributed by atoms with Crippen molar-refractivity contribution in [3.8, 4) is 11.5 Å². The molecule has 0 spiro atoms. The Bertz CT molecular complexity index is 997. The Labute approximate surface area is 159 Å². The van der Waals surface area contributed by atoms with E-state index in [1.54, 1.807) is 25.3 Å². The fraction of sp³-hybridized carbons (Fsp3) is 0.158. The molecule has 0 aliphatic heterocycles. The number of benzene rings is 2. The lowest BCUT2D eigenvalue weighted by Crippen LogP contribution is -2.03. The molecule has 0 radical (unpaired) electrons. The number of hydrogen-bond donors (Lipinski definition) is 1. The van der Waals surface area contributed by atoms with E-state index >= 15 is 0 Å². The van der Waals surface area contributed by atoms with E-state index in [0.29, 0.717) is 16.1 Å². The molecule has 0 unspecified atom stereocenters. The standard InChI is InChI=1S/C19H16ClNO4S/c1-3-25-19(23)16-12-6-4-5-7-15(12)26-18(16)21-10-11-8-13(20)17(22)14(9-11)24-2/h4-10,22H,3H2,1-2H3. The van der Waals surface area contributed by atoms with Crippen LogP contribution in [0.1, 0.15) is 22.8 Å². The first-order chi connectivity index (χ1) is 12.5. The van der Waals surface area contributed by atoms with Crippen LogP contribution in [0.5, 0.6) is 11.5 Å². The van der Waals surface area contributed by atoms with Gasteiger partial charge in [0.25, 0.3) is 0 Å². The number of carbonyl (C=O) groups is 1. The molecule has 0 bridgehead atoms. The molecule has 1 N–H and O–H groups in total. The van der Waals surface area contributed by atoms with Crippen LogP contribution < -0.4 is 4.74 Å². The third kappa shape index (κ3) is 3.52. The lowest BCUT2D eigenvalue weighted by Gasteiger charge is -2.06. The van der Waals surface area contributed by atoms with Gasteiger partial charge in [-0.15, -0.1) is 11.3 Å². The molecular weight excluding hydrogens is 374 g/mol. The smallest absolute Gasteiger partial charge is 0.341 e. The van der Waals surface area contributed by atoms with Crippen molar-refractivity contribution in [1.82, 2.24) is 0 Å². The molecule has 3 aromatic rings. The van der Waals surface area contributed by atoms with Crippen molar-refractivity contribution < 1.29 is 19.4 Å². The Kier molecular flexibility index (Phi) is 5.44. The zero-order chi connectivity index (χ0) is 18.7. The van der Waals surface area contributed by atoms with Gasteiger partial charge in [0.2, 0.25) is 0 Å². The molecule has 3 rings (SSSR count). The summed E-state index contributed by atoms with van der Waals surface area (Å²) >= 11 is 7.41. The Morgan fingerprint density at radius 2 is 2.12 bits per heavy atom. The maximum Gasteiger partial charge on any atom is 0.341 e. The van der Waals surface area contributed by atoms with Crippen molar-refractivity contribution in [2.24, 2.45) is 4.99 Å². The van der Waals surface area contributed by atoms with Crippen LogP contribution in [0.2, 0.25) is 5.02 Å². The molecule has 0 aliphatic carbocycles. The lowest BCUT2D eigenvalue weighted by molar-refractivity contribution is 0.0530. The lowest BCUT2D eigenvalue weighted by atomic mass is 10.1. The van der Waals surface area contributed by atoms with E-state index in [1.807, 2.05) is 24.3 Å². The fourth-order valence-corrected chi connectivity index (χ4v) is 3.74. The van der Waals surface area contributed by atoms with E-state index in [0.717, 1.165) is 10.1 Å². The highest BCUT2D eigenvalue weighted by molar-refractivity contribution is 7.23. The molecule has 1 heterocycles. The van der Waals surface area contributed by atoms with Crippen molar-refractivity contribution in [2.45, 2.75) is 6.92 Å². The third-order valence-corrected chi connectivity index (χ3v) is 5.02. The molecule has 0 saturated carbocycles. The topological polar surface area (TPSA) is 68.1 Å². The minimum Gasteiger partial charge on any atom is -0.503 e. The van der Waals surface area contributed by atoms with Gasteiger partial charge in [0.05, 0.1) is 18.7 Å². The van der Waals surface area contributed by atoms with Crippen molar-refractivity contribution >= 4 is 50.2 Å². The van der Waals surface area contributed by atoms with Crippen LogP contribution >= 0.6 is 22.9 Å². The van der Waals surface area contributed by atoms with Crippen LogP contribution in [-0.4, -0.2) is 31.0 Å². The summed E-state index contributed by atoms with van der Waals surface area (Å²) in [5, 5.41) is 11.3. The molecule has 0 saturated heterocycles. The van der Waals surface area contributed by atoms with Crippen molar-refractivity contribution in [3.05, 3.63) is 52.5 Å². The quantitative estimate of drug-likeness (QED) is 0.481. The second kappa shape index (κ2) is 7.76. The second-order valence-electron chi connectivity index (χ2n) is 5.31. The third-order valence-electron chi connectivity index (χ3n) is 3.66. The number of rotatable bonds is 5. The fourth-order valence-electron chi connectivity index (χ4n) is 2.48. The summed E-state index contributed by atoms with van der Waals surface area (Å²) < 4.78 is 11.2. The summed E-state index contributed by atoms with van der Waals surface area (Å²) in [6.07, 6.45) is 1.57. The SMILES string of the molecule is CCOC(=O)c1c(N=Cc2cc(Cl)c(O)c(OC)c2)sc2ccccc12. The first-order valence-corrected chi connectivity index (χ1v) is 9.03. The molecule has 0 amide bonds. The van der Waals surface area contributed by atoms with Gasteiger partial charge in [0.1, 0.15) is 10.6 Å². The Morgan fingerprint density at radius 3 is 2.85 bits per heavy atom. The van der Waals surface area contributed by atoms with Crippen LogP contribution in [0.4, 0.5) is 5.00 Å². The van der Waals surface area contributed by atoms with E-state index in [4.69, 9.17) is 21.1 Å². The monoisotopic (exact) mass is 389 g/mol. The number of ether oxygens (including phenoxy) is 2. The van der Waals surface area contributed by atoms with E-state index in [2.05, 4.69) is 4.99 Å². The molecule has 7 heteroatoms. The Balaban J connectivity index is 2.06. The number of hydrogen-bond acceptors (Lipinski definition) is 6. The maximum atomic E-state index is 12.4. The van der Waals surface area contributed by atoms with E-state index in [9.17, 15) is 9.90 Å². The minimum atomic E-state index is -0.404. The first kappa shape index (κ1) is 18.2. The van der Waals surface area contributed by atoms with E-state index in [1.165, 1.54) is 18.4 Å². The molecule has 26 heavy (non-hydrogen) atoms. The van der Waals surface area contributed by atoms with Crippen LogP contribution in [0, 0.1) is 0 Å². The van der Waals surface area contributed by atoms with Gasteiger partial charge in [0.15, 0.2) is 11.5 Å². The highest BCUT2D eigenvalue weighted by atomic mass is 35.5. The van der Waals surface area contributed by atoms with Gasteiger partial charge in [-0.1, -0.05) is 29.8 Å². The second-order valence-corrected chi connectivity index (χ2v) is 6.75. The Hall–Kier alpha value is -2.57. The summed E-state index contributed by atoms with van der Waals surface area (Å²) in [6, 6.07) is 10.8. The van der Waals surface area contributed by atoms with E-state index in [-0.39, 0.29) is 23.1 Å². The first-order valence-electron chi connectivity index (χ1n) is 7.84. The predicted octanol–water partition coefficient (Wildman–Crippen LogP) is 5.20. The van der Waals surface area contributed by atoms with Crippen molar-refractivity contribution in [3.63, 3.8) is 0 Å². The summed E-state index contributed by atoms with van der Waals surface area (Å²) in [6.45, 7) is 2.05. The number of esters is 1. The van der Waals surface area contributed by atoms with Gasteiger partial charge >= 0.3 is 5.97 Å². The summed E-state index contributed by atoms with van der Waals surface area (Å²) in [7, 11) is 1.44. The van der Waals surface area contributed by atoms with Gasteiger partial charge in [0, 0.05) is 16.3 Å². The normalized spacial score (nSPS) is 11.2. The number of aliphatic imine (C=N–C) groups is 1. The number of carbonyl (C=O) groups excluding carboxylic acids is 1. The van der Waals surface area contributed by atoms with Crippen LogP contribution in [0.15, 0.2) is 41.4 Å². The molecule has 2 aromatic carbocycles. The van der Waals surface area contributed by atoms with Crippen molar-refractivity contribution in [1.29, 1.82) is 0 Å². The number of phenolic OH excluding ortho intramolecular Hbond substituents is 1. The molecule has 1 aromatic heterocycles. The van der Waals surface area contributed by atoms with Crippen LogP contribution in [0.3, 0.4) is 0 Å². The Morgan fingerprint density at radius 1 is 1.35 bits per heavy atom. The maximum absolute atomic E-state index is 12.4. The van der Waals surface area contributed by atoms with Gasteiger partial charge in [-0.05, 0) is 30.7 Å². The molecule has 0 aliphatic rings. The highest BCUT2D eigenvalue weighted by Gasteiger charge is 2.19. The summed E-state index contributed by atoms with van der Waals surface area (Å²) in [5.41, 5.74) is 1.08. The number of aromatic hydroxyl groups is 1. The van der Waals surface area contributed by atoms with Gasteiger partial charge < -0.3 is 14.6 Å². The zero-order valence-electron chi connectivity index (χ0n) is 14.2. The number of halogens is 1. The van der Waals surface area contributed by atoms with Crippen molar-refractivity contribution in [2.75, 3.05) is 13.7 Å². The molecule has 5 nitrogen and oxygen atoms in total. The highest BCUT2D eigenvalue weighted by Crippen LogP contribution is 2.39. The summed E-state index contributed by atoms with van der Waals surface area (Å²) in [5.74, 6) is -0.278. The number of methoxy groups -OCH3 is 1. The van der Waals surface area contributed by atoms with Gasteiger partial charge in [-0.25, -0.2) is 9.79 Å². The summed E-state index contributed by atoms with van der Waals surface area (Å²) in [4.78, 5) is 16.8. The largest absolute Gasteiger partial charge is 0.503 e. The van der Waals surface area contributed by atoms with Crippen LogP contribution in [0.25, 0.3) is 10.1 Å². The molecule has 0 atom stereocenters. The van der Waals surface area contributed by atoms with E-state index < -0.39 is 5.97 Å². The zero-order valence-corrected chi connectivity index (χ0v) is 15.7. The number of fused-ring (bicyclic) bond motifs is 1. The molecule has 134 valence electrons. The molecular formula is C19H16ClNO4S. The minimum absolute atomic E-state index is 0.125. The number of thiophene rings is 1. The average Bonchev–Trinajstić information content (AvgIpc) is 3.01. The van der Waals surface area contributed by atoms with Gasteiger partial charge in [-0.3, -0.25) is 0 Å². The number of nitrogens with zero attached hydrogens (tertiary/aromatic N) is 1. The predicted molar refractivity (Wildman–Crippen MR) is 105 cm³/mol. The van der Waals surface area contributed by atoms with Gasteiger partial charge in [-0.2, -0.15) is 0 Å². The number of phenols is 1. The molecule has 0 fully saturated rings.